The lowest BCUT2D eigenvalue weighted by molar-refractivity contribution is -0.145. The Morgan fingerprint density at radius 2 is 1.66 bits per heavy atom. The standard InChI is InChI=1S/C41H44ClF3N6O7.C8H8ClNO.ClH/c1-40(2,39-47-19-35(58-39)24-7-9-27(42)10-8-24)51-14-13-50(31(21-51)38(55)48-23-41(43,44)45)20-28(52)15-26(17-29-16-25-11-12-46-18-34(25)57-29)37(54)49-36-30-5-3-4-6-33(30)56-22-32(36)53;9-7-3-1-6(2-4-7)8(11)5-10;/h3-12,16,18-19,26,28,31-32,36,52-53H,13-15,17,20-23H2,1-2H3,(H,48,55)(H,49,54);1-4H,5,10H2;1H/t26-,28-,31-,32+,36-;;/m0../s1. The Bertz CT molecular complexity index is 2670. The third-order valence-electron chi connectivity index (χ3n) is 12.1. The number of para-hydroxylation sites is 1. The number of fused-ring (bicyclic) bond motifs is 2. The predicted molar refractivity (Wildman–Crippen MR) is 259 cm³/mol. The number of hydrogen-bond acceptors (Lipinski definition) is 13. The lowest BCUT2D eigenvalue weighted by Gasteiger charge is -2.46. The van der Waals surface area contributed by atoms with Crippen molar-refractivity contribution in [2.24, 2.45) is 11.7 Å². The first kappa shape index (κ1) is 53.8. The number of aromatic nitrogens is 2. The predicted octanol–water partition coefficient (Wildman–Crippen LogP) is 7.16. The van der Waals surface area contributed by atoms with Gasteiger partial charge >= 0.3 is 6.18 Å². The van der Waals surface area contributed by atoms with E-state index in [4.69, 9.17) is 42.5 Å². The van der Waals surface area contributed by atoms with Crippen molar-refractivity contribution in [3.05, 3.63) is 136 Å². The highest BCUT2D eigenvalue weighted by Crippen LogP contribution is 2.35. The molecule has 0 radical (unpaired) electrons. The molecule has 3 aromatic carbocycles. The maximum Gasteiger partial charge on any atom is 0.405 e. The number of furan rings is 1. The summed E-state index contributed by atoms with van der Waals surface area (Å²) in [7, 11) is 0. The number of nitrogens with one attached hydrogen (secondary N) is 2. The Morgan fingerprint density at radius 1 is 0.957 bits per heavy atom. The second kappa shape index (κ2) is 23.6. The number of Topliss-reactive ketones (excluding diaryl/α,β-unsaturated/α-hetero) is 1. The number of pyridine rings is 1. The first-order valence-electron chi connectivity index (χ1n) is 22.1. The van der Waals surface area contributed by atoms with Gasteiger partial charge in [0.2, 0.25) is 17.7 Å². The molecule has 5 atom stereocenters. The van der Waals surface area contributed by atoms with Gasteiger partial charge in [-0.3, -0.25) is 29.2 Å². The molecule has 6 aromatic rings. The van der Waals surface area contributed by atoms with Crippen LogP contribution in [0.15, 0.2) is 112 Å². The molecule has 15 nitrogen and oxygen atoms in total. The first-order chi connectivity index (χ1) is 32.9. The molecule has 0 spiro atoms. The van der Waals surface area contributed by atoms with Gasteiger partial charge in [0.1, 0.15) is 36.8 Å². The summed E-state index contributed by atoms with van der Waals surface area (Å²) in [5, 5.41) is 29.5. The molecule has 1 saturated heterocycles. The number of nitrogens with two attached hydrogens (primary N) is 1. The highest BCUT2D eigenvalue weighted by Gasteiger charge is 2.43. The smallest absolute Gasteiger partial charge is 0.405 e. The van der Waals surface area contributed by atoms with Crippen molar-refractivity contribution >= 4 is 64.2 Å². The average molecular weight is 1030 g/mol. The van der Waals surface area contributed by atoms with Crippen LogP contribution in [0, 0.1) is 5.92 Å². The van der Waals surface area contributed by atoms with E-state index in [0.29, 0.717) is 56.5 Å². The van der Waals surface area contributed by atoms with Crippen LogP contribution in [0.3, 0.4) is 0 Å². The van der Waals surface area contributed by atoms with Crippen LogP contribution >= 0.6 is 35.6 Å². The monoisotopic (exact) mass is 1030 g/mol. The molecule has 2 amide bonds. The molecule has 0 saturated carbocycles. The number of ketones is 1. The molecule has 0 unspecified atom stereocenters. The van der Waals surface area contributed by atoms with Gasteiger partial charge in [-0.25, -0.2) is 4.98 Å². The molecule has 70 heavy (non-hydrogen) atoms. The second-order valence-corrected chi connectivity index (χ2v) is 18.2. The fourth-order valence-corrected chi connectivity index (χ4v) is 8.58. The van der Waals surface area contributed by atoms with Crippen LogP contribution in [0.4, 0.5) is 13.2 Å². The van der Waals surface area contributed by atoms with Crippen LogP contribution in [0.2, 0.25) is 10.0 Å². The van der Waals surface area contributed by atoms with Crippen molar-refractivity contribution in [1.29, 1.82) is 0 Å². The van der Waals surface area contributed by atoms with Crippen LogP contribution in [-0.4, -0.2) is 118 Å². The summed E-state index contributed by atoms with van der Waals surface area (Å²) in [5.41, 5.74) is 6.74. The van der Waals surface area contributed by atoms with Crippen molar-refractivity contribution in [3.63, 3.8) is 0 Å². The first-order valence-corrected chi connectivity index (χ1v) is 22.9. The molecule has 2 aliphatic heterocycles. The number of halogens is 6. The number of oxazole rings is 1. The summed E-state index contributed by atoms with van der Waals surface area (Å²) in [6.07, 6.45) is -2.17. The number of hydrogen-bond donors (Lipinski definition) is 5. The summed E-state index contributed by atoms with van der Waals surface area (Å²) >= 11 is 11.7. The Morgan fingerprint density at radius 3 is 2.34 bits per heavy atom. The van der Waals surface area contributed by atoms with Crippen LogP contribution in [0.25, 0.3) is 22.3 Å². The second-order valence-electron chi connectivity index (χ2n) is 17.3. The number of carbonyl (C=O) groups excluding carboxylic acids is 3. The molecule has 0 aliphatic carbocycles. The number of β-amino-alcohol motifs (C(OH)–C–C–N with tert-alkyl or cyclic N) is 1. The lowest BCUT2D eigenvalue weighted by atomic mass is 9.92. The van der Waals surface area contributed by atoms with Gasteiger partial charge in [-0.1, -0.05) is 41.4 Å². The molecule has 8 rings (SSSR count). The summed E-state index contributed by atoms with van der Waals surface area (Å²) in [4.78, 5) is 50.8. The molecule has 374 valence electrons. The Balaban J connectivity index is 0.000000591. The fourth-order valence-electron chi connectivity index (χ4n) is 8.33. The topological polar surface area (TPSA) is 210 Å². The van der Waals surface area contributed by atoms with Crippen molar-refractivity contribution in [1.82, 2.24) is 30.4 Å². The Labute approximate surface area is 417 Å². The number of piperazine rings is 1. The number of aliphatic hydroxyl groups excluding tert-OH is 2. The normalized spacial score (nSPS) is 18.3. The van der Waals surface area contributed by atoms with Gasteiger partial charge in [0.15, 0.2) is 17.1 Å². The number of benzene rings is 3. The van der Waals surface area contributed by atoms with Gasteiger partial charge in [0, 0.05) is 76.8 Å². The maximum atomic E-state index is 14.1. The summed E-state index contributed by atoms with van der Waals surface area (Å²) in [6, 6.07) is 22.4. The molecule has 0 bridgehead atoms. The molecule has 5 heterocycles. The highest BCUT2D eigenvalue weighted by atomic mass is 35.5. The van der Waals surface area contributed by atoms with E-state index in [9.17, 15) is 37.8 Å². The van der Waals surface area contributed by atoms with E-state index in [2.05, 4.69) is 15.3 Å². The van der Waals surface area contributed by atoms with E-state index in [-0.39, 0.29) is 63.8 Å². The van der Waals surface area contributed by atoms with Gasteiger partial charge in [-0.2, -0.15) is 13.2 Å². The zero-order chi connectivity index (χ0) is 49.5. The number of rotatable bonds is 15. The zero-order valence-corrected chi connectivity index (χ0v) is 40.4. The van der Waals surface area contributed by atoms with Crippen molar-refractivity contribution in [2.75, 3.05) is 45.9 Å². The van der Waals surface area contributed by atoms with Gasteiger partial charge in [0.25, 0.3) is 0 Å². The van der Waals surface area contributed by atoms with E-state index >= 15 is 0 Å². The van der Waals surface area contributed by atoms with E-state index < -0.39 is 60.3 Å². The molecule has 1 fully saturated rings. The number of carbonyl (C=O) groups is 3. The van der Waals surface area contributed by atoms with E-state index in [1.54, 1.807) is 108 Å². The van der Waals surface area contributed by atoms with Crippen LogP contribution in [0.5, 0.6) is 5.75 Å². The molecule has 6 N–H and O–H groups in total. The summed E-state index contributed by atoms with van der Waals surface area (Å²) in [6.45, 7) is 2.58. The molecular formula is C49H53Cl3F3N7O8. The third-order valence-corrected chi connectivity index (χ3v) is 12.6. The molecule has 21 heteroatoms. The SMILES string of the molecule is CC(C)(c1ncc(-c2ccc(Cl)cc2)o1)N1CCN(C[C@@H](O)C[C@@H](Cc2cc3ccncc3o2)C(=O)N[C@H]2c3ccccc3OC[C@H]2O)[C@H](C(=O)NCC(F)(F)F)C1.Cl.NCC(=O)c1ccc(Cl)cc1. The van der Waals surface area contributed by atoms with Crippen molar-refractivity contribution in [3.8, 4) is 17.1 Å². The largest absolute Gasteiger partial charge is 0.490 e. The van der Waals surface area contributed by atoms with Crippen LogP contribution in [-0.2, 0) is 21.5 Å². The minimum absolute atomic E-state index is 0. The van der Waals surface area contributed by atoms with Gasteiger partial charge < -0.3 is 40.2 Å². The van der Waals surface area contributed by atoms with E-state index in [1.807, 2.05) is 24.1 Å². The minimum Gasteiger partial charge on any atom is -0.490 e. The number of alkyl halides is 3. The van der Waals surface area contributed by atoms with Crippen molar-refractivity contribution < 1.29 is 51.3 Å². The number of ether oxygens (including phenoxy) is 1. The molecule has 3 aromatic heterocycles. The lowest BCUT2D eigenvalue weighted by Crippen LogP contribution is -2.63. The van der Waals surface area contributed by atoms with E-state index in [0.717, 1.165) is 10.9 Å². The number of amides is 2. The van der Waals surface area contributed by atoms with Crippen LogP contribution < -0.4 is 21.1 Å². The maximum absolute atomic E-state index is 14.1. The van der Waals surface area contributed by atoms with Gasteiger partial charge in [-0.15, -0.1) is 12.4 Å². The summed E-state index contributed by atoms with van der Waals surface area (Å²) < 4.78 is 57.7. The number of nitrogens with zero attached hydrogens (tertiary/aromatic N) is 4. The molecule has 2 aliphatic rings. The highest BCUT2D eigenvalue weighted by molar-refractivity contribution is 6.31. The minimum atomic E-state index is -4.64. The average Bonchev–Trinajstić information content (AvgIpc) is 4.00. The quantitative estimate of drug-likeness (QED) is 0.0648. The molecular weight excluding hydrogens is 978 g/mol. The van der Waals surface area contributed by atoms with Crippen molar-refractivity contribution in [2.45, 2.75) is 62.7 Å². The van der Waals surface area contributed by atoms with E-state index in [1.165, 1.54) is 0 Å². The zero-order valence-electron chi connectivity index (χ0n) is 38.1. The van der Waals surface area contributed by atoms with Gasteiger partial charge in [0.05, 0.1) is 36.6 Å². The number of aliphatic hydroxyl groups is 2. The van der Waals surface area contributed by atoms with Gasteiger partial charge in [-0.05, 0) is 87.0 Å². The third kappa shape index (κ3) is 13.6. The Hall–Kier alpha value is -5.57. The Kier molecular flexibility index (Phi) is 18.1. The fraction of sp³-hybridized carbons (Fsp3) is 0.367. The van der Waals surface area contributed by atoms with Crippen LogP contribution in [0.1, 0.15) is 53.9 Å². The summed E-state index contributed by atoms with van der Waals surface area (Å²) in [5.74, 6) is -0.451.